The van der Waals surface area contributed by atoms with Gasteiger partial charge in [0.2, 0.25) is 0 Å². The van der Waals surface area contributed by atoms with Crippen molar-refractivity contribution in [2.24, 2.45) is 7.05 Å². The molecule has 0 spiro atoms. The van der Waals surface area contributed by atoms with Gasteiger partial charge in [0.15, 0.2) is 0 Å². The number of anilines is 2. The van der Waals surface area contributed by atoms with Crippen molar-refractivity contribution in [3.05, 3.63) is 5.69 Å². The normalized spacial score (nSPS) is 18.1. The number of nitrogens with two attached hydrogens (primary N) is 1. The second-order valence-electron chi connectivity index (χ2n) is 5.91. The molecule has 1 aliphatic heterocycles. The van der Waals surface area contributed by atoms with Crippen LogP contribution in [0.5, 0.6) is 0 Å². The van der Waals surface area contributed by atoms with Gasteiger partial charge >= 0.3 is 0 Å². The zero-order valence-electron chi connectivity index (χ0n) is 13.2. The summed E-state index contributed by atoms with van der Waals surface area (Å²) in [6.45, 7) is 7.82. The monoisotopic (exact) mass is 279 g/mol. The molecule has 0 aliphatic carbocycles. The molecule has 2 rings (SSSR count). The van der Waals surface area contributed by atoms with Crippen LogP contribution in [-0.4, -0.2) is 40.4 Å². The van der Waals surface area contributed by atoms with E-state index in [2.05, 4.69) is 29.2 Å². The van der Waals surface area contributed by atoms with Crippen molar-refractivity contribution in [1.29, 1.82) is 0 Å². The van der Waals surface area contributed by atoms with Gasteiger partial charge in [-0.3, -0.25) is 9.58 Å². The molecule has 1 fully saturated rings. The molecule has 5 nitrogen and oxygen atoms in total. The Morgan fingerprint density at radius 3 is 2.65 bits per heavy atom. The minimum atomic E-state index is 0.541. The lowest BCUT2D eigenvalue weighted by Gasteiger charge is -2.32. The van der Waals surface area contributed by atoms with Gasteiger partial charge in [0.1, 0.15) is 5.82 Å². The molecule has 0 aromatic carbocycles. The first kappa shape index (κ1) is 15.2. The first-order valence-corrected chi connectivity index (χ1v) is 7.92. The maximum Gasteiger partial charge on any atom is 0.147 e. The van der Waals surface area contributed by atoms with Crippen molar-refractivity contribution >= 4 is 11.5 Å². The van der Waals surface area contributed by atoms with Gasteiger partial charge in [0, 0.05) is 19.6 Å². The van der Waals surface area contributed by atoms with Crippen molar-refractivity contribution in [3.8, 4) is 0 Å². The smallest absolute Gasteiger partial charge is 0.147 e. The minimum absolute atomic E-state index is 0.541. The fourth-order valence-corrected chi connectivity index (χ4v) is 2.96. The molecule has 2 heterocycles. The number of rotatable bonds is 6. The van der Waals surface area contributed by atoms with E-state index in [0.717, 1.165) is 36.6 Å². The SMILES string of the molecule is CCCc1nn(C)c(NCC(C)N2CCCCC2)c1N. The summed E-state index contributed by atoms with van der Waals surface area (Å²) in [5, 5.41) is 8.00. The summed E-state index contributed by atoms with van der Waals surface area (Å²) in [5.74, 6) is 0.970. The van der Waals surface area contributed by atoms with E-state index in [9.17, 15) is 0 Å². The zero-order valence-corrected chi connectivity index (χ0v) is 13.2. The molecule has 0 saturated carbocycles. The Bertz CT molecular complexity index is 420. The number of nitrogen functional groups attached to an aromatic ring is 1. The fraction of sp³-hybridized carbons (Fsp3) is 0.800. The van der Waals surface area contributed by atoms with E-state index in [1.165, 1.54) is 32.4 Å². The number of aromatic nitrogens is 2. The molecule has 1 aliphatic rings. The van der Waals surface area contributed by atoms with Crippen LogP contribution in [0.3, 0.4) is 0 Å². The Labute approximate surface area is 122 Å². The second-order valence-corrected chi connectivity index (χ2v) is 5.91. The van der Waals surface area contributed by atoms with Crippen LogP contribution < -0.4 is 11.1 Å². The van der Waals surface area contributed by atoms with E-state index in [1.54, 1.807) is 0 Å². The number of hydrogen-bond donors (Lipinski definition) is 2. The van der Waals surface area contributed by atoms with Crippen molar-refractivity contribution < 1.29 is 0 Å². The number of aryl methyl sites for hydroxylation is 2. The first-order chi connectivity index (χ1) is 9.63. The maximum atomic E-state index is 6.20. The number of likely N-dealkylation sites (tertiary alicyclic amines) is 1. The average molecular weight is 279 g/mol. The quantitative estimate of drug-likeness (QED) is 0.838. The lowest BCUT2D eigenvalue weighted by Crippen LogP contribution is -2.41. The summed E-state index contributed by atoms with van der Waals surface area (Å²) in [5.41, 5.74) is 8.03. The summed E-state index contributed by atoms with van der Waals surface area (Å²) in [4.78, 5) is 2.57. The lowest BCUT2D eigenvalue weighted by molar-refractivity contribution is 0.180. The van der Waals surface area contributed by atoms with E-state index in [1.807, 2.05) is 11.7 Å². The molecule has 114 valence electrons. The molecular formula is C15H29N5. The highest BCUT2D eigenvalue weighted by molar-refractivity contribution is 5.65. The van der Waals surface area contributed by atoms with E-state index >= 15 is 0 Å². The zero-order chi connectivity index (χ0) is 14.5. The van der Waals surface area contributed by atoms with Crippen LogP contribution in [0.25, 0.3) is 0 Å². The van der Waals surface area contributed by atoms with E-state index < -0.39 is 0 Å². The molecule has 3 N–H and O–H groups in total. The van der Waals surface area contributed by atoms with Crippen LogP contribution in [0.4, 0.5) is 11.5 Å². The predicted molar refractivity (Wildman–Crippen MR) is 85.0 cm³/mol. The number of hydrogen-bond acceptors (Lipinski definition) is 4. The summed E-state index contributed by atoms with van der Waals surface area (Å²) in [6, 6.07) is 0.541. The molecule has 1 saturated heterocycles. The molecule has 1 atom stereocenters. The molecular weight excluding hydrogens is 250 g/mol. The summed E-state index contributed by atoms with van der Waals surface area (Å²) in [6.07, 6.45) is 6.07. The lowest BCUT2D eigenvalue weighted by atomic mass is 10.1. The Kier molecular flexibility index (Phi) is 5.29. The number of piperidine rings is 1. The van der Waals surface area contributed by atoms with Crippen LogP contribution in [0, 0.1) is 0 Å². The number of nitrogens with zero attached hydrogens (tertiary/aromatic N) is 3. The molecule has 1 aromatic rings. The molecule has 1 unspecified atom stereocenters. The van der Waals surface area contributed by atoms with Gasteiger partial charge in [-0.05, 0) is 39.3 Å². The van der Waals surface area contributed by atoms with Crippen LogP contribution in [0.1, 0.15) is 45.2 Å². The maximum absolute atomic E-state index is 6.20. The van der Waals surface area contributed by atoms with Gasteiger partial charge in [0.05, 0.1) is 11.4 Å². The van der Waals surface area contributed by atoms with E-state index in [4.69, 9.17) is 5.73 Å². The molecule has 20 heavy (non-hydrogen) atoms. The van der Waals surface area contributed by atoms with Crippen molar-refractivity contribution in [2.45, 2.75) is 52.0 Å². The van der Waals surface area contributed by atoms with E-state index in [-0.39, 0.29) is 0 Å². The van der Waals surface area contributed by atoms with Crippen molar-refractivity contribution in [1.82, 2.24) is 14.7 Å². The second kappa shape index (κ2) is 6.97. The first-order valence-electron chi connectivity index (χ1n) is 7.92. The molecule has 0 amide bonds. The summed E-state index contributed by atoms with van der Waals surface area (Å²) < 4.78 is 1.88. The van der Waals surface area contributed by atoms with Gasteiger partial charge in [-0.25, -0.2) is 0 Å². The van der Waals surface area contributed by atoms with Crippen LogP contribution in [0.2, 0.25) is 0 Å². The minimum Gasteiger partial charge on any atom is -0.394 e. The molecule has 0 radical (unpaired) electrons. The van der Waals surface area contributed by atoms with Gasteiger partial charge < -0.3 is 11.1 Å². The third-order valence-corrected chi connectivity index (χ3v) is 4.23. The van der Waals surface area contributed by atoms with Gasteiger partial charge in [-0.2, -0.15) is 5.10 Å². The van der Waals surface area contributed by atoms with Crippen LogP contribution >= 0.6 is 0 Å². The van der Waals surface area contributed by atoms with Crippen molar-refractivity contribution in [2.75, 3.05) is 30.7 Å². The average Bonchev–Trinajstić information content (AvgIpc) is 2.72. The third-order valence-electron chi connectivity index (χ3n) is 4.23. The number of nitrogens with one attached hydrogen (secondary N) is 1. The highest BCUT2D eigenvalue weighted by atomic mass is 15.3. The highest BCUT2D eigenvalue weighted by Crippen LogP contribution is 2.23. The summed E-state index contributed by atoms with van der Waals surface area (Å²) >= 11 is 0. The Morgan fingerprint density at radius 2 is 2.00 bits per heavy atom. The fourth-order valence-electron chi connectivity index (χ4n) is 2.96. The third kappa shape index (κ3) is 3.45. The molecule has 5 heteroatoms. The molecule has 1 aromatic heterocycles. The van der Waals surface area contributed by atoms with Gasteiger partial charge in [0.25, 0.3) is 0 Å². The standard InChI is InChI=1S/C15H29N5/c1-4-8-13-14(16)15(19(3)18-13)17-11-12(2)20-9-6-5-7-10-20/h12,17H,4-11,16H2,1-3H3. The Morgan fingerprint density at radius 1 is 1.30 bits per heavy atom. The van der Waals surface area contributed by atoms with Gasteiger partial charge in [-0.1, -0.05) is 19.8 Å². The van der Waals surface area contributed by atoms with E-state index in [0.29, 0.717) is 6.04 Å². The topological polar surface area (TPSA) is 59.1 Å². The Hall–Kier alpha value is -1.23. The van der Waals surface area contributed by atoms with Crippen molar-refractivity contribution in [3.63, 3.8) is 0 Å². The predicted octanol–water partition coefficient (Wildman–Crippen LogP) is 2.24. The van der Waals surface area contributed by atoms with Crippen LogP contribution in [0.15, 0.2) is 0 Å². The van der Waals surface area contributed by atoms with Crippen LogP contribution in [-0.2, 0) is 13.5 Å². The highest BCUT2D eigenvalue weighted by Gasteiger charge is 2.18. The van der Waals surface area contributed by atoms with Gasteiger partial charge in [-0.15, -0.1) is 0 Å². The Balaban J connectivity index is 1.92. The molecule has 0 bridgehead atoms. The summed E-state index contributed by atoms with van der Waals surface area (Å²) in [7, 11) is 1.96. The largest absolute Gasteiger partial charge is 0.394 e.